The van der Waals surface area contributed by atoms with Crippen LogP contribution >= 0.6 is 0 Å². The highest BCUT2D eigenvalue weighted by Gasteiger charge is 2.26. The molecule has 0 N–H and O–H groups in total. The minimum Gasteiger partial charge on any atom is -0.469 e. The van der Waals surface area contributed by atoms with Gasteiger partial charge in [-0.1, -0.05) is 30.3 Å². The largest absolute Gasteiger partial charge is 0.469 e. The molecule has 1 aliphatic heterocycles. The number of hydrogen-bond donors (Lipinski definition) is 0. The zero-order valence-corrected chi connectivity index (χ0v) is 11.6. The van der Waals surface area contributed by atoms with Gasteiger partial charge in [-0.15, -0.1) is 0 Å². The molecule has 1 heterocycles. The summed E-state index contributed by atoms with van der Waals surface area (Å²) in [4.78, 5) is 25.2. The first-order chi connectivity index (χ1) is 9.70. The van der Waals surface area contributed by atoms with Crippen molar-refractivity contribution in [1.82, 2.24) is 4.90 Å². The number of likely N-dealkylation sites (tertiary alicyclic amines) is 1. The van der Waals surface area contributed by atoms with Crippen molar-refractivity contribution in [2.45, 2.75) is 12.8 Å². The number of benzene rings is 1. The number of nitrogens with zero attached hydrogens (tertiary/aromatic N) is 1. The van der Waals surface area contributed by atoms with Crippen molar-refractivity contribution in [2.24, 2.45) is 5.92 Å². The Morgan fingerprint density at radius 3 is 2.45 bits per heavy atom. The summed E-state index contributed by atoms with van der Waals surface area (Å²) in [6.45, 7) is 1.22. The molecule has 0 saturated carbocycles. The van der Waals surface area contributed by atoms with E-state index in [1.807, 2.05) is 36.4 Å². The van der Waals surface area contributed by atoms with Gasteiger partial charge in [-0.05, 0) is 24.5 Å². The van der Waals surface area contributed by atoms with Crippen LogP contribution in [0.2, 0.25) is 0 Å². The highest BCUT2D eigenvalue weighted by atomic mass is 16.5. The molecule has 1 aromatic rings. The first-order valence-corrected chi connectivity index (χ1v) is 6.80. The lowest BCUT2D eigenvalue weighted by Gasteiger charge is -2.29. The zero-order chi connectivity index (χ0) is 14.4. The fourth-order valence-electron chi connectivity index (χ4n) is 2.34. The van der Waals surface area contributed by atoms with Gasteiger partial charge < -0.3 is 9.64 Å². The zero-order valence-electron chi connectivity index (χ0n) is 11.6. The smallest absolute Gasteiger partial charge is 0.308 e. The van der Waals surface area contributed by atoms with Crippen molar-refractivity contribution in [3.8, 4) is 0 Å². The van der Waals surface area contributed by atoms with Gasteiger partial charge in [0, 0.05) is 19.2 Å². The van der Waals surface area contributed by atoms with Crippen LogP contribution in [0.1, 0.15) is 18.4 Å². The number of carbonyl (C=O) groups is 2. The van der Waals surface area contributed by atoms with Crippen LogP contribution in [0.5, 0.6) is 0 Å². The molecule has 1 saturated heterocycles. The van der Waals surface area contributed by atoms with Gasteiger partial charge in [-0.2, -0.15) is 0 Å². The average Bonchev–Trinajstić information content (AvgIpc) is 2.53. The van der Waals surface area contributed by atoms with E-state index in [1.165, 1.54) is 7.11 Å². The molecule has 0 bridgehead atoms. The summed E-state index contributed by atoms with van der Waals surface area (Å²) < 4.78 is 4.73. The SMILES string of the molecule is COC(=O)C1CCN(C(=O)/C=C/c2ccccc2)CC1. The van der Waals surface area contributed by atoms with Crippen LogP contribution < -0.4 is 0 Å². The third-order valence-electron chi connectivity index (χ3n) is 3.56. The monoisotopic (exact) mass is 273 g/mol. The molecule has 1 amide bonds. The number of esters is 1. The predicted octanol–water partition coefficient (Wildman–Crippen LogP) is 2.11. The normalized spacial score (nSPS) is 16.4. The van der Waals surface area contributed by atoms with Crippen molar-refractivity contribution in [1.29, 1.82) is 0 Å². The number of carbonyl (C=O) groups excluding carboxylic acids is 2. The van der Waals surface area contributed by atoms with Crippen molar-refractivity contribution in [3.05, 3.63) is 42.0 Å². The van der Waals surface area contributed by atoms with Gasteiger partial charge >= 0.3 is 5.97 Å². The van der Waals surface area contributed by atoms with Crippen molar-refractivity contribution < 1.29 is 14.3 Å². The molecular formula is C16H19NO3. The van der Waals surface area contributed by atoms with E-state index in [2.05, 4.69) is 0 Å². The molecule has 20 heavy (non-hydrogen) atoms. The van der Waals surface area contributed by atoms with Crippen LogP contribution in [-0.4, -0.2) is 37.0 Å². The summed E-state index contributed by atoms with van der Waals surface area (Å²) in [5.74, 6) is -0.240. The molecule has 1 aromatic carbocycles. The standard InChI is InChI=1S/C16H19NO3/c1-20-16(19)14-9-11-17(12-10-14)15(18)8-7-13-5-3-2-4-6-13/h2-8,14H,9-12H2,1H3/b8-7+. The van der Waals surface area contributed by atoms with Crippen molar-refractivity contribution in [3.63, 3.8) is 0 Å². The lowest BCUT2D eigenvalue weighted by molar-refractivity contribution is -0.148. The predicted molar refractivity (Wildman–Crippen MR) is 76.8 cm³/mol. The third kappa shape index (κ3) is 3.70. The first-order valence-electron chi connectivity index (χ1n) is 6.80. The Balaban J connectivity index is 1.86. The number of amides is 1. The Morgan fingerprint density at radius 1 is 1.20 bits per heavy atom. The van der Waals surface area contributed by atoms with Gasteiger partial charge in [0.25, 0.3) is 0 Å². The Labute approximate surface area is 119 Å². The highest BCUT2D eigenvalue weighted by Crippen LogP contribution is 2.18. The Kier molecular flexibility index (Phi) is 4.93. The van der Waals surface area contributed by atoms with Gasteiger partial charge in [-0.3, -0.25) is 9.59 Å². The molecule has 0 aromatic heterocycles. The van der Waals surface area contributed by atoms with E-state index in [-0.39, 0.29) is 17.8 Å². The quantitative estimate of drug-likeness (QED) is 0.626. The molecule has 2 rings (SSSR count). The van der Waals surface area contributed by atoms with Gasteiger partial charge in [0.15, 0.2) is 0 Å². The summed E-state index contributed by atoms with van der Waals surface area (Å²) in [5.41, 5.74) is 1.00. The molecule has 106 valence electrons. The van der Waals surface area contributed by atoms with Gasteiger partial charge in [0.1, 0.15) is 0 Å². The lowest BCUT2D eigenvalue weighted by atomic mass is 9.97. The molecule has 0 radical (unpaired) electrons. The van der Waals surface area contributed by atoms with Crippen molar-refractivity contribution in [2.75, 3.05) is 20.2 Å². The second-order valence-corrected chi connectivity index (χ2v) is 4.87. The Bertz CT molecular complexity index is 488. The van der Waals surface area contributed by atoms with E-state index >= 15 is 0 Å². The van der Waals surface area contributed by atoms with E-state index in [4.69, 9.17) is 4.74 Å². The Morgan fingerprint density at radius 2 is 1.85 bits per heavy atom. The number of piperidine rings is 1. The molecule has 1 fully saturated rings. The number of methoxy groups -OCH3 is 1. The van der Waals surface area contributed by atoms with Crippen LogP contribution in [-0.2, 0) is 14.3 Å². The van der Waals surface area contributed by atoms with Gasteiger partial charge in [-0.25, -0.2) is 0 Å². The number of hydrogen-bond acceptors (Lipinski definition) is 3. The molecule has 4 nitrogen and oxygen atoms in total. The third-order valence-corrected chi connectivity index (χ3v) is 3.56. The molecule has 4 heteroatoms. The van der Waals surface area contributed by atoms with Crippen LogP contribution in [0.15, 0.2) is 36.4 Å². The highest BCUT2D eigenvalue weighted by molar-refractivity contribution is 5.92. The van der Waals surface area contributed by atoms with E-state index in [9.17, 15) is 9.59 Å². The van der Waals surface area contributed by atoms with E-state index < -0.39 is 0 Å². The van der Waals surface area contributed by atoms with E-state index in [0.717, 1.165) is 5.56 Å². The Hall–Kier alpha value is -2.10. The lowest BCUT2D eigenvalue weighted by Crippen LogP contribution is -2.39. The van der Waals surface area contributed by atoms with Crippen molar-refractivity contribution >= 4 is 18.0 Å². The topological polar surface area (TPSA) is 46.6 Å². The molecule has 0 spiro atoms. The first kappa shape index (κ1) is 14.3. The minimum absolute atomic E-state index is 0.00262. The second-order valence-electron chi connectivity index (χ2n) is 4.87. The second kappa shape index (κ2) is 6.89. The summed E-state index contributed by atoms with van der Waals surface area (Å²) in [5, 5.41) is 0. The number of ether oxygens (including phenoxy) is 1. The van der Waals surface area contributed by atoms with Gasteiger partial charge in [0.05, 0.1) is 13.0 Å². The van der Waals surface area contributed by atoms with Crippen LogP contribution in [0.3, 0.4) is 0 Å². The van der Waals surface area contributed by atoms with E-state index in [1.54, 1.807) is 11.0 Å². The van der Waals surface area contributed by atoms with Crippen LogP contribution in [0.25, 0.3) is 6.08 Å². The summed E-state index contributed by atoms with van der Waals surface area (Å²) in [6, 6.07) is 9.72. The van der Waals surface area contributed by atoms with Crippen LogP contribution in [0.4, 0.5) is 0 Å². The summed E-state index contributed by atoms with van der Waals surface area (Å²) in [7, 11) is 1.41. The fourth-order valence-corrected chi connectivity index (χ4v) is 2.34. The summed E-state index contributed by atoms with van der Waals surface area (Å²) >= 11 is 0. The number of rotatable bonds is 3. The van der Waals surface area contributed by atoms with E-state index in [0.29, 0.717) is 25.9 Å². The van der Waals surface area contributed by atoms with Crippen LogP contribution in [0, 0.1) is 5.92 Å². The average molecular weight is 273 g/mol. The molecular weight excluding hydrogens is 254 g/mol. The maximum Gasteiger partial charge on any atom is 0.308 e. The fraction of sp³-hybridized carbons (Fsp3) is 0.375. The molecule has 0 unspecified atom stereocenters. The minimum atomic E-state index is -0.170. The molecule has 0 aliphatic carbocycles. The molecule has 1 aliphatic rings. The summed E-state index contributed by atoms with van der Waals surface area (Å²) in [6.07, 6.45) is 4.76. The molecule has 0 atom stereocenters. The van der Waals surface area contributed by atoms with Gasteiger partial charge in [0.2, 0.25) is 5.91 Å². The maximum absolute atomic E-state index is 12.0. The maximum atomic E-state index is 12.0.